The predicted molar refractivity (Wildman–Crippen MR) is 71.9 cm³/mol. The van der Waals surface area contributed by atoms with E-state index in [1.165, 1.54) is 13.8 Å². The van der Waals surface area contributed by atoms with Crippen molar-refractivity contribution < 1.29 is 0 Å². The molecule has 4 heteroatoms. The van der Waals surface area contributed by atoms with Gasteiger partial charge in [-0.15, -0.1) is 11.3 Å². The van der Waals surface area contributed by atoms with Crippen LogP contribution in [-0.4, -0.2) is 0 Å². The second-order valence-corrected chi connectivity index (χ2v) is 5.52. The minimum absolute atomic E-state index is 0.783. The van der Waals surface area contributed by atoms with Crippen molar-refractivity contribution >= 4 is 59.9 Å². The summed E-state index contributed by atoms with van der Waals surface area (Å²) in [5, 5.41) is 12.8. The van der Waals surface area contributed by atoms with E-state index >= 15 is 0 Å². The Bertz CT molecular complexity index is 527. The maximum atomic E-state index is 8.92. The number of nitriles is 1. The molecule has 0 atom stereocenters. The molecule has 2 rings (SSSR count). The molecule has 1 aromatic heterocycles. The quantitative estimate of drug-likeness (QED) is 0.537. The van der Waals surface area contributed by atoms with Gasteiger partial charge in [-0.25, -0.2) is 0 Å². The number of rotatable bonds is 1. The molecule has 70 valence electrons. The van der Waals surface area contributed by atoms with Gasteiger partial charge in [0.1, 0.15) is 6.07 Å². The number of thiophene rings is 1. The van der Waals surface area contributed by atoms with Crippen LogP contribution in [-0.2, 0) is 5.33 Å². The minimum atomic E-state index is 0.783. The Balaban J connectivity index is 2.85. The lowest BCUT2D eigenvalue weighted by atomic mass is 10.1. The lowest BCUT2D eigenvalue weighted by molar-refractivity contribution is 1.48. The van der Waals surface area contributed by atoms with Crippen molar-refractivity contribution in [2.75, 3.05) is 0 Å². The molecule has 0 aliphatic carbocycles. The van der Waals surface area contributed by atoms with Crippen LogP contribution in [0, 0.1) is 14.9 Å². The van der Waals surface area contributed by atoms with Gasteiger partial charge in [-0.2, -0.15) is 5.26 Å². The highest BCUT2D eigenvalue weighted by Crippen LogP contribution is 2.31. The average Bonchev–Trinajstić information content (AvgIpc) is 2.59. The zero-order valence-electron chi connectivity index (χ0n) is 7.05. The van der Waals surface area contributed by atoms with Crippen LogP contribution in [0.2, 0.25) is 0 Å². The third-order valence-corrected chi connectivity index (χ3v) is 4.28. The smallest absolute Gasteiger partial charge is 0.101 e. The van der Waals surface area contributed by atoms with E-state index < -0.39 is 0 Å². The molecule has 14 heavy (non-hydrogen) atoms. The SMILES string of the molecule is N#Cc1csc2c(CBr)cc(I)cc12. The van der Waals surface area contributed by atoms with E-state index in [1.807, 2.05) is 5.38 Å². The fourth-order valence-corrected chi connectivity index (χ4v) is 3.67. The van der Waals surface area contributed by atoms with Crippen molar-refractivity contribution in [2.24, 2.45) is 0 Å². The third-order valence-electron chi connectivity index (χ3n) is 1.98. The molecular formula is C10H5BrINS. The van der Waals surface area contributed by atoms with Crippen LogP contribution < -0.4 is 0 Å². The summed E-state index contributed by atoms with van der Waals surface area (Å²) in [6, 6.07) is 6.43. The van der Waals surface area contributed by atoms with Gasteiger partial charge in [0.05, 0.1) is 5.56 Å². The summed E-state index contributed by atoms with van der Waals surface area (Å²) in [5.74, 6) is 0. The van der Waals surface area contributed by atoms with Gasteiger partial charge in [0, 0.05) is 24.4 Å². The molecule has 0 spiro atoms. The summed E-state index contributed by atoms with van der Waals surface area (Å²) < 4.78 is 2.40. The van der Waals surface area contributed by atoms with E-state index in [0.29, 0.717) is 0 Å². The number of nitrogens with zero attached hydrogens (tertiary/aromatic N) is 1. The van der Waals surface area contributed by atoms with Gasteiger partial charge < -0.3 is 0 Å². The van der Waals surface area contributed by atoms with E-state index in [4.69, 9.17) is 5.26 Å². The zero-order chi connectivity index (χ0) is 10.1. The summed E-state index contributed by atoms with van der Waals surface area (Å²) >= 11 is 7.39. The van der Waals surface area contributed by atoms with Crippen molar-refractivity contribution in [3.63, 3.8) is 0 Å². The fraction of sp³-hybridized carbons (Fsp3) is 0.100. The highest BCUT2D eigenvalue weighted by molar-refractivity contribution is 14.1. The van der Waals surface area contributed by atoms with Crippen molar-refractivity contribution in [3.05, 3.63) is 32.2 Å². The maximum absolute atomic E-state index is 8.92. The lowest BCUT2D eigenvalue weighted by Crippen LogP contribution is -1.81. The first-order valence-corrected chi connectivity index (χ1v) is 7.00. The molecule has 0 radical (unpaired) electrons. The third kappa shape index (κ3) is 1.69. The molecule has 0 amide bonds. The van der Waals surface area contributed by atoms with E-state index in [1.54, 1.807) is 11.3 Å². The second kappa shape index (κ2) is 4.17. The van der Waals surface area contributed by atoms with Gasteiger partial charge in [-0.05, 0) is 40.3 Å². The van der Waals surface area contributed by atoms with Gasteiger partial charge in [-0.1, -0.05) is 15.9 Å². The molecule has 2 aromatic rings. The number of alkyl halides is 1. The highest BCUT2D eigenvalue weighted by atomic mass is 127. The number of halogens is 2. The standard InChI is InChI=1S/C10H5BrINS/c11-3-6-1-8(12)2-9-7(4-13)5-14-10(6)9/h1-2,5H,3H2. The van der Waals surface area contributed by atoms with Crippen LogP contribution in [0.5, 0.6) is 0 Å². The van der Waals surface area contributed by atoms with Gasteiger partial charge in [-0.3, -0.25) is 0 Å². The molecular weight excluding hydrogens is 373 g/mol. The normalized spacial score (nSPS) is 10.4. The van der Waals surface area contributed by atoms with Gasteiger partial charge in [0.15, 0.2) is 0 Å². The van der Waals surface area contributed by atoms with Gasteiger partial charge >= 0.3 is 0 Å². The predicted octanol–water partition coefficient (Wildman–Crippen LogP) is 4.27. The second-order valence-electron chi connectivity index (χ2n) is 2.84. The monoisotopic (exact) mass is 377 g/mol. The summed E-state index contributed by atoms with van der Waals surface area (Å²) in [4.78, 5) is 0. The molecule has 0 saturated heterocycles. The molecule has 0 aliphatic rings. The summed E-state index contributed by atoms with van der Waals surface area (Å²) in [5.41, 5.74) is 2.05. The lowest BCUT2D eigenvalue weighted by Gasteiger charge is -1.99. The Morgan fingerprint density at radius 3 is 2.93 bits per heavy atom. The first-order chi connectivity index (χ1) is 6.76. The van der Waals surface area contributed by atoms with E-state index in [2.05, 4.69) is 56.7 Å². The Kier molecular flexibility index (Phi) is 3.10. The molecule has 1 aromatic carbocycles. The molecule has 0 unspecified atom stereocenters. The molecule has 1 heterocycles. The van der Waals surface area contributed by atoms with Crippen LogP contribution in [0.25, 0.3) is 10.1 Å². The zero-order valence-corrected chi connectivity index (χ0v) is 11.6. The van der Waals surface area contributed by atoms with Crippen molar-refractivity contribution in [1.82, 2.24) is 0 Å². The molecule has 0 fully saturated rings. The Hall–Kier alpha value is -0.120. The molecule has 0 bridgehead atoms. The Morgan fingerprint density at radius 1 is 1.50 bits per heavy atom. The first-order valence-electron chi connectivity index (χ1n) is 3.92. The number of fused-ring (bicyclic) bond motifs is 1. The number of hydrogen-bond acceptors (Lipinski definition) is 2. The van der Waals surface area contributed by atoms with Crippen LogP contribution in [0.4, 0.5) is 0 Å². The van der Waals surface area contributed by atoms with Gasteiger partial charge in [0.25, 0.3) is 0 Å². The van der Waals surface area contributed by atoms with Crippen LogP contribution in [0.3, 0.4) is 0 Å². The highest BCUT2D eigenvalue weighted by Gasteiger charge is 2.08. The van der Waals surface area contributed by atoms with Crippen molar-refractivity contribution in [3.8, 4) is 6.07 Å². The van der Waals surface area contributed by atoms with E-state index in [0.717, 1.165) is 16.3 Å². The average molecular weight is 378 g/mol. The molecule has 0 saturated carbocycles. The van der Waals surface area contributed by atoms with E-state index in [9.17, 15) is 0 Å². The minimum Gasteiger partial charge on any atom is -0.192 e. The van der Waals surface area contributed by atoms with Crippen LogP contribution in [0.1, 0.15) is 11.1 Å². The summed E-state index contributed by atoms with van der Waals surface area (Å²) in [7, 11) is 0. The first kappa shape index (κ1) is 10.4. The van der Waals surface area contributed by atoms with E-state index in [-0.39, 0.29) is 0 Å². The largest absolute Gasteiger partial charge is 0.192 e. The Morgan fingerprint density at radius 2 is 2.29 bits per heavy atom. The molecule has 0 aliphatic heterocycles. The fourth-order valence-electron chi connectivity index (χ4n) is 1.36. The van der Waals surface area contributed by atoms with Crippen molar-refractivity contribution in [2.45, 2.75) is 5.33 Å². The molecule has 1 nitrogen and oxygen atoms in total. The topological polar surface area (TPSA) is 23.8 Å². The molecule has 0 N–H and O–H groups in total. The summed E-state index contributed by atoms with van der Waals surface area (Å²) in [6.07, 6.45) is 0. The number of benzene rings is 1. The number of hydrogen-bond donors (Lipinski definition) is 0. The Labute approximate surface area is 108 Å². The van der Waals surface area contributed by atoms with Gasteiger partial charge in [0.2, 0.25) is 0 Å². The summed E-state index contributed by atoms with van der Waals surface area (Å²) in [6.45, 7) is 0. The van der Waals surface area contributed by atoms with Crippen molar-refractivity contribution in [1.29, 1.82) is 5.26 Å². The van der Waals surface area contributed by atoms with Crippen LogP contribution >= 0.6 is 49.9 Å². The maximum Gasteiger partial charge on any atom is 0.101 e. The van der Waals surface area contributed by atoms with Crippen LogP contribution in [0.15, 0.2) is 17.5 Å².